The smallest absolute Gasteiger partial charge is 0.251 e. The summed E-state index contributed by atoms with van der Waals surface area (Å²) < 4.78 is 0.713. The van der Waals surface area contributed by atoms with Gasteiger partial charge in [-0.25, -0.2) is 0 Å². The van der Waals surface area contributed by atoms with Crippen LogP contribution in [0.2, 0.25) is 5.02 Å². The van der Waals surface area contributed by atoms with Crippen LogP contribution in [0, 0.1) is 0 Å². The van der Waals surface area contributed by atoms with E-state index in [1.165, 1.54) is 0 Å². The minimum Gasteiger partial charge on any atom is -0.351 e. The van der Waals surface area contributed by atoms with Crippen molar-refractivity contribution in [1.29, 1.82) is 0 Å². The number of carbonyl (C=O) groups excluding carboxylic acids is 1. The Kier molecular flexibility index (Phi) is 5.64. The lowest BCUT2D eigenvalue weighted by Crippen LogP contribution is -2.26. The van der Waals surface area contributed by atoms with Gasteiger partial charge in [0.15, 0.2) is 0 Å². The van der Waals surface area contributed by atoms with Crippen molar-refractivity contribution < 1.29 is 4.79 Å². The van der Waals surface area contributed by atoms with E-state index >= 15 is 0 Å². The summed E-state index contributed by atoms with van der Waals surface area (Å²) in [5.74, 6) is -0.122. The fraction of sp³-hybridized carbons (Fsp3) is 0.133. The van der Waals surface area contributed by atoms with E-state index < -0.39 is 0 Å². The summed E-state index contributed by atoms with van der Waals surface area (Å²) in [4.78, 5) is 12.1. The summed E-state index contributed by atoms with van der Waals surface area (Å²) in [6.45, 7) is 0.517. The van der Waals surface area contributed by atoms with Crippen LogP contribution >= 0.6 is 43.5 Å². The Bertz CT molecular complexity index is 604. The number of benzene rings is 2. The van der Waals surface area contributed by atoms with Crippen LogP contribution in [0.15, 0.2) is 53.0 Å². The van der Waals surface area contributed by atoms with Crippen LogP contribution in [0.25, 0.3) is 0 Å². The fourth-order valence-corrected chi connectivity index (χ4v) is 2.66. The second-order valence-corrected chi connectivity index (χ2v) is 6.58. The molecule has 0 fully saturated rings. The number of hydrogen-bond donors (Lipinski definition) is 1. The zero-order valence-corrected chi connectivity index (χ0v) is 14.4. The van der Waals surface area contributed by atoms with E-state index in [2.05, 4.69) is 37.2 Å². The van der Waals surface area contributed by atoms with Crippen molar-refractivity contribution in [1.82, 2.24) is 5.32 Å². The number of rotatable bonds is 4. The maximum atomic E-state index is 12.0. The summed E-state index contributed by atoms with van der Waals surface area (Å²) in [6, 6.07) is 15.1. The second kappa shape index (κ2) is 7.25. The molecule has 1 amide bonds. The van der Waals surface area contributed by atoms with Gasteiger partial charge in [-0.2, -0.15) is 0 Å². The topological polar surface area (TPSA) is 29.1 Å². The Balaban J connectivity index is 1.97. The van der Waals surface area contributed by atoms with Crippen molar-refractivity contribution >= 4 is 49.4 Å². The summed E-state index contributed by atoms with van der Waals surface area (Å²) in [5, 5.41) is 3.48. The Hall–Kier alpha value is -0.840. The highest BCUT2D eigenvalue weighted by atomic mass is 79.9. The molecule has 0 saturated carbocycles. The van der Waals surface area contributed by atoms with Crippen molar-refractivity contribution in [2.45, 2.75) is 4.83 Å². The van der Waals surface area contributed by atoms with Gasteiger partial charge in [-0.3, -0.25) is 4.79 Å². The SMILES string of the molecule is O=C(NCC(Br)c1ccccc1)c1ccc(Cl)c(Br)c1. The first-order valence-corrected chi connectivity index (χ1v) is 8.09. The molecule has 0 aromatic heterocycles. The molecule has 2 aromatic carbocycles. The van der Waals surface area contributed by atoms with Crippen LogP contribution in [-0.4, -0.2) is 12.5 Å². The Labute approximate surface area is 139 Å². The van der Waals surface area contributed by atoms with Gasteiger partial charge in [-0.15, -0.1) is 0 Å². The molecule has 1 atom stereocenters. The third-order valence-corrected chi connectivity index (χ3v) is 4.85. The molecular formula is C15H12Br2ClNO. The average Bonchev–Trinajstić information content (AvgIpc) is 2.48. The van der Waals surface area contributed by atoms with Gasteiger partial charge in [-0.1, -0.05) is 57.9 Å². The molecule has 0 spiro atoms. The summed E-state index contributed by atoms with van der Waals surface area (Å²) in [5.41, 5.74) is 1.71. The zero-order valence-electron chi connectivity index (χ0n) is 10.4. The lowest BCUT2D eigenvalue weighted by molar-refractivity contribution is 0.0954. The van der Waals surface area contributed by atoms with Crippen LogP contribution in [0.5, 0.6) is 0 Å². The molecule has 20 heavy (non-hydrogen) atoms. The van der Waals surface area contributed by atoms with Gasteiger partial charge in [0.05, 0.1) is 9.85 Å². The highest BCUT2D eigenvalue weighted by Crippen LogP contribution is 2.24. The van der Waals surface area contributed by atoms with E-state index in [0.717, 1.165) is 5.56 Å². The van der Waals surface area contributed by atoms with E-state index in [-0.39, 0.29) is 10.7 Å². The predicted molar refractivity (Wildman–Crippen MR) is 89.6 cm³/mol. The highest BCUT2D eigenvalue weighted by Gasteiger charge is 2.11. The van der Waals surface area contributed by atoms with Crippen molar-refractivity contribution in [2.75, 3.05) is 6.54 Å². The normalized spacial score (nSPS) is 11.9. The number of hydrogen-bond acceptors (Lipinski definition) is 1. The third kappa shape index (κ3) is 4.08. The fourth-order valence-electron chi connectivity index (χ4n) is 1.70. The Morgan fingerprint density at radius 3 is 2.55 bits per heavy atom. The van der Waals surface area contributed by atoms with Crippen LogP contribution < -0.4 is 5.32 Å². The van der Waals surface area contributed by atoms with Gasteiger partial charge in [0.2, 0.25) is 0 Å². The lowest BCUT2D eigenvalue weighted by atomic mass is 10.1. The molecule has 0 aliphatic heterocycles. The minimum atomic E-state index is -0.122. The first-order valence-electron chi connectivity index (χ1n) is 6.00. The highest BCUT2D eigenvalue weighted by molar-refractivity contribution is 9.10. The van der Waals surface area contributed by atoms with Gasteiger partial charge >= 0.3 is 0 Å². The zero-order chi connectivity index (χ0) is 14.5. The van der Waals surface area contributed by atoms with Crippen molar-refractivity contribution in [3.05, 3.63) is 69.2 Å². The lowest BCUT2D eigenvalue weighted by Gasteiger charge is -2.12. The van der Waals surface area contributed by atoms with Gasteiger partial charge in [-0.05, 0) is 39.7 Å². The largest absolute Gasteiger partial charge is 0.351 e. The van der Waals surface area contributed by atoms with E-state index in [0.29, 0.717) is 21.6 Å². The average molecular weight is 418 g/mol. The van der Waals surface area contributed by atoms with Gasteiger partial charge in [0.1, 0.15) is 0 Å². The Morgan fingerprint density at radius 1 is 1.20 bits per heavy atom. The number of alkyl halides is 1. The molecule has 0 radical (unpaired) electrons. The van der Waals surface area contributed by atoms with Gasteiger partial charge in [0.25, 0.3) is 5.91 Å². The molecule has 2 rings (SSSR count). The molecule has 0 saturated heterocycles. The summed E-state index contributed by atoms with van der Waals surface area (Å²) in [6.07, 6.45) is 0. The van der Waals surface area contributed by atoms with E-state index in [1.54, 1.807) is 18.2 Å². The monoisotopic (exact) mass is 415 g/mol. The third-order valence-electron chi connectivity index (χ3n) is 2.78. The molecule has 0 aliphatic carbocycles. The van der Waals surface area contributed by atoms with Crippen LogP contribution in [0.3, 0.4) is 0 Å². The number of halogens is 3. The van der Waals surface area contributed by atoms with E-state index in [4.69, 9.17) is 11.6 Å². The van der Waals surface area contributed by atoms with Crippen molar-refractivity contribution in [3.63, 3.8) is 0 Å². The van der Waals surface area contributed by atoms with Crippen molar-refractivity contribution in [2.24, 2.45) is 0 Å². The van der Waals surface area contributed by atoms with Crippen molar-refractivity contribution in [3.8, 4) is 0 Å². The number of carbonyl (C=O) groups is 1. The Morgan fingerprint density at radius 2 is 1.90 bits per heavy atom. The molecule has 5 heteroatoms. The summed E-state index contributed by atoms with van der Waals surface area (Å²) >= 11 is 12.8. The molecule has 1 unspecified atom stereocenters. The molecule has 2 aromatic rings. The van der Waals surface area contributed by atoms with E-state index in [1.807, 2.05) is 30.3 Å². The molecular weight excluding hydrogens is 405 g/mol. The molecule has 2 nitrogen and oxygen atoms in total. The first kappa shape index (κ1) is 15.5. The molecule has 0 aliphatic rings. The van der Waals surface area contributed by atoms with Crippen LogP contribution in [-0.2, 0) is 0 Å². The van der Waals surface area contributed by atoms with Gasteiger partial charge in [0, 0.05) is 16.6 Å². The summed E-state index contributed by atoms with van der Waals surface area (Å²) in [7, 11) is 0. The maximum absolute atomic E-state index is 12.0. The van der Waals surface area contributed by atoms with Gasteiger partial charge < -0.3 is 5.32 Å². The van der Waals surface area contributed by atoms with Crippen LogP contribution in [0.1, 0.15) is 20.7 Å². The quantitative estimate of drug-likeness (QED) is 0.700. The predicted octanol–water partition coefficient (Wildman–Crippen LogP) is 4.97. The maximum Gasteiger partial charge on any atom is 0.251 e. The number of amides is 1. The first-order chi connectivity index (χ1) is 9.58. The molecule has 104 valence electrons. The van der Waals surface area contributed by atoms with E-state index in [9.17, 15) is 4.79 Å². The standard InChI is InChI=1S/C15H12Br2ClNO/c16-12-8-11(6-7-14(12)18)15(20)19-9-13(17)10-4-2-1-3-5-10/h1-8,13H,9H2,(H,19,20). The molecule has 1 N–H and O–H groups in total. The molecule has 0 heterocycles. The second-order valence-electron chi connectivity index (χ2n) is 4.22. The van der Waals surface area contributed by atoms with Crippen LogP contribution in [0.4, 0.5) is 0 Å². The minimum absolute atomic E-state index is 0.0865. The molecule has 0 bridgehead atoms. The number of nitrogens with one attached hydrogen (secondary N) is 1.